The van der Waals surface area contributed by atoms with Crippen LogP contribution >= 0.6 is 0 Å². The van der Waals surface area contributed by atoms with Gasteiger partial charge in [0.2, 0.25) is 0 Å². The van der Waals surface area contributed by atoms with Crippen LogP contribution in [0.25, 0.3) is 32.7 Å². The number of anilines is 3. The molecule has 1 aliphatic rings. The van der Waals surface area contributed by atoms with Crippen LogP contribution in [-0.2, 0) is 10.8 Å². The van der Waals surface area contributed by atoms with Crippen molar-refractivity contribution in [3.8, 4) is 11.1 Å². The zero-order valence-corrected chi connectivity index (χ0v) is 23.1. The lowest BCUT2D eigenvalue weighted by Gasteiger charge is -2.47. The number of nitrogens with zero attached hydrogens (tertiary/aromatic N) is 1. The van der Waals surface area contributed by atoms with Crippen molar-refractivity contribution in [2.75, 3.05) is 4.90 Å². The molecule has 0 atom stereocenters. The maximum Gasteiger partial charge on any atom is 0.0540 e. The number of hydrogen-bond acceptors (Lipinski definition) is 1. The van der Waals surface area contributed by atoms with Crippen LogP contribution in [0.2, 0.25) is 0 Å². The van der Waals surface area contributed by atoms with Gasteiger partial charge in [0.1, 0.15) is 0 Å². The van der Waals surface area contributed by atoms with Crippen LogP contribution < -0.4 is 4.90 Å². The van der Waals surface area contributed by atoms with Crippen molar-refractivity contribution < 1.29 is 0 Å². The van der Waals surface area contributed by atoms with Gasteiger partial charge in [-0.05, 0) is 79.6 Å². The van der Waals surface area contributed by atoms with Gasteiger partial charge in [-0.25, -0.2) is 0 Å². The molecule has 0 bridgehead atoms. The highest BCUT2D eigenvalue weighted by atomic mass is 15.1. The van der Waals surface area contributed by atoms with Gasteiger partial charge in [-0.15, -0.1) is 0 Å². The first kappa shape index (κ1) is 23.7. The Morgan fingerprint density at radius 3 is 1.72 bits per heavy atom. The average molecular weight is 504 g/mol. The Morgan fingerprint density at radius 2 is 1.03 bits per heavy atom. The smallest absolute Gasteiger partial charge is 0.0540 e. The van der Waals surface area contributed by atoms with Gasteiger partial charge in [-0.1, -0.05) is 125 Å². The van der Waals surface area contributed by atoms with Gasteiger partial charge >= 0.3 is 0 Å². The fraction of sp³-hybridized carbons (Fsp3) is 0.158. The van der Waals surface area contributed by atoms with E-state index in [0.29, 0.717) is 0 Å². The summed E-state index contributed by atoms with van der Waals surface area (Å²) in [5, 5.41) is 5.42. The van der Waals surface area contributed by atoms with E-state index < -0.39 is 0 Å². The molecule has 0 radical (unpaired) electrons. The first-order valence-electron chi connectivity index (χ1n) is 13.9. The molecule has 6 aromatic rings. The largest absolute Gasteiger partial charge is 0.310 e. The van der Waals surface area contributed by atoms with Crippen LogP contribution in [0.1, 0.15) is 38.8 Å². The van der Waals surface area contributed by atoms with Crippen LogP contribution in [0.3, 0.4) is 0 Å². The maximum atomic E-state index is 2.41. The third kappa shape index (κ3) is 3.46. The normalized spacial score (nSPS) is 15.1. The minimum absolute atomic E-state index is 0.0126. The molecule has 1 heteroatoms. The van der Waals surface area contributed by atoms with Gasteiger partial charge in [0, 0.05) is 16.8 Å². The Bertz CT molecular complexity index is 1830. The molecule has 1 aliphatic carbocycles. The molecule has 0 aromatic heterocycles. The van der Waals surface area contributed by atoms with E-state index in [4.69, 9.17) is 0 Å². The SMILES string of the molecule is CC1(C)c2cccc3ccc4c(N(c5ccccc5)c5ccc(-c6ccccc6)cc5)ccc(c4c23)C1(C)C. The second-order valence-electron chi connectivity index (χ2n) is 11.9. The molecule has 0 fully saturated rings. The Kier molecular flexibility index (Phi) is 5.22. The second kappa shape index (κ2) is 8.58. The van der Waals surface area contributed by atoms with E-state index in [-0.39, 0.29) is 10.8 Å². The Balaban J connectivity index is 1.50. The highest BCUT2D eigenvalue weighted by Crippen LogP contribution is 2.55. The summed E-state index contributed by atoms with van der Waals surface area (Å²) in [5.74, 6) is 0. The predicted molar refractivity (Wildman–Crippen MR) is 168 cm³/mol. The molecule has 0 saturated carbocycles. The zero-order chi connectivity index (χ0) is 26.8. The standard InChI is InChI=1S/C38H33N/c1-37(2)32-17-11-14-28-20-23-31-34(25-24-33(38(37,3)4)36(31)35(28)32)39(29-15-9-6-10-16-29)30-21-18-27(19-22-30)26-12-7-5-8-13-26/h5-25H,1-4H3. The molecule has 7 rings (SSSR count). The van der Waals surface area contributed by atoms with Gasteiger partial charge in [0.15, 0.2) is 0 Å². The number of para-hydroxylation sites is 1. The van der Waals surface area contributed by atoms with Crippen molar-refractivity contribution in [3.63, 3.8) is 0 Å². The fourth-order valence-electron chi connectivity index (χ4n) is 6.56. The summed E-state index contributed by atoms with van der Waals surface area (Å²) in [6.07, 6.45) is 0. The predicted octanol–water partition coefficient (Wildman–Crippen LogP) is 10.7. The number of hydrogen-bond donors (Lipinski definition) is 0. The molecule has 0 amide bonds. The highest BCUT2D eigenvalue weighted by molar-refractivity contribution is 6.17. The number of rotatable bonds is 4. The molecular formula is C38H33N. The summed E-state index contributed by atoms with van der Waals surface area (Å²) in [6.45, 7) is 9.63. The molecule has 6 aromatic carbocycles. The quantitative estimate of drug-likeness (QED) is 0.216. The Hall–Kier alpha value is -4.36. The van der Waals surface area contributed by atoms with E-state index in [1.807, 2.05) is 0 Å². The highest BCUT2D eigenvalue weighted by Gasteiger charge is 2.45. The molecule has 0 spiro atoms. The van der Waals surface area contributed by atoms with Gasteiger partial charge in [0.25, 0.3) is 0 Å². The summed E-state index contributed by atoms with van der Waals surface area (Å²) >= 11 is 0. The monoisotopic (exact) mass is 503 g/mol. The van der Waals surface area contributed by atoms with Crippen molar-refractivity contribution >= 4 is 38.6 Å². The van der Waals surface area contributed by atoms with Crippen LogP contribution in [0.5, 0.6) is 0 Å². The number of benzene rings is 6. The van der Waals surface area contributed by atoms with Crippen molar-refractivity contribution in [2.45, 2.75) is 38.5 Å². The molecule has 0 aliphatic heterocycles. The fourth-order valence-corrected chi connectivity index (χ4v) is 6.56. The van der Waals surface area contributed by atoms with Crippen LogP contribution in [-0.4, -0.2) is 0 Å². The van der Waals surface area contributed by atoms with Crippen molar-refractivity contribution in [2.24, 2.45) is 0 Å². The maximum absolute atomic E-state index is 2.41. The first-order valence-corrected chi connectivity index (χ1v) is 13.9. The second-order valence-corrected chi connectivity index (χ2v) is 11.9. The van der Waals surface area contributed by atoms with E-state index in [9.17, 15) is 0 Å². The summed E-state index contributed by atoms with van der Waals surface area (Å²) in [6, 6.07) is 46.5. The minimum Gasteiger partial charge on any atom is -0.310 e. The van der Waals surface area contributed by atoms with E-state index in [2.05, 4.69) is 160 Å². The molecule has 0 heterocycles. The lowest BCUT2D eigenvalue weighted by Crippen LogP contribution is -2.42. The van der Waals surface area contributed by atoms with Crippen molar-refractivity contribution in [1.29, 1.82) is 0 Å². The Morgan fingerprint density at radius 1 is 0.436 bits per heavy atom. The van der Waals surface area contributed by atoms with E-state index in [1.165, 1.54) is 49.5 Å². The van der Waals surface area contributed by atoms with Gasteiger partial charge in [-0.3, -0.25) is 0 Å². The molecule has 0 N–H and O–H groups in total. The van der Waals surface area contributed by atoms with Gasteiger partial charge in [-0.2, -0.15) is 0 Å². The zero-order valence-electron chi connectivity index (χ0n) is 23.1. The first-order chi connectivity index (χ1) is 18.9. The van der Waals surface area contributed by atoms with E-state index >= 15 is 0 Å². The third-order valence-corrected chi connectivity index (χ3v) is 9.40. The van der Waals surface area contributed by atoms with Crippen molar-refractivity contribution in [3.05, 3.63) is 139 Å². The van der Waals surface area contributed by atoms with Gasteiger partial charge in [0.05, 0.1) is 5.69 Å². The van der Waals surface area contributed by atoms with Crippen LogP contribution in [0.15, 0.2) is 127 Å². The van der Waals surface area contributed by atoms with Crippen molar-refractivity contribution in [1.82, 2.24) is 0 Å². The molecule has 39 heavy (non-hydrogen) atoms. The Labute approximate surface area is 231 Å². The third-order valence-electron chi connectivity index (χ3n) is 9.40. The molecule has 1 nitrogen and oxygen atoms in total. The lowest BCUT2D eigenvalue weighted by molar-refractivity contribution is 0.304. The summed E-state index contributed by atoms with van der Waals surface area (Å²) < 4.78 is 0. The molecule has 0 saturated heterocycles. The van der Waals surface area contributed by atoms with E-state index in [1.54, 1.807) is 0 Å². The lowest BCUT2D eigenvalue weighted by atomic mass is 9.56. The minimum atomic E-state index is -0.0126. The summed E-state index contributed by atoms with van der Waals surface area (Å²) in [5.41, 5.74) is 8.85. The topological polar surface area (TPSA) is 3.24 Å². The molecule has 190 valence electrons. The van der Waals surface area contributed by atoms with Gasteiger partial charge < -0.3 is 4.90 Å². The van der Waals surface area contributed by atoms with Crippen LogP contribution in [0.4, 0.5) is 17.1 Å². The molecule has 0 unspecified atom stereocenters. The van der Waals surface area contributed by atoms with Crippen LogP contribution in [0, 0.1) is 0 Å². The van der Waals surface area contributed by atoms with E-state index in [0.717, 1.165) is 11.4 Å². The summed E-state index contributed by atoms with van der Waals surface area (Å²) in [4.78, 5) is 2.41. The molecular weight excluding hydrogens is 470 g/mol. The summed E-state index contributed by atoms with van der Waals surface area (Å²) in [7, 11) is 0. The average Bonchev–Trinajstić information content (AvgIpc) is 2.97.